The minimum absolute atomic E-state index is 0.0134. The summed E-state index contributed by atoms with van der Waals surface area (Å²) in [6.45, 7) is 0.0134. The van der Waals surface area contributed by atoms with Crippen LogP contribution in [0.4, 0.5) is 18.9 Å². The summed E-state index contributed by atoms with van der Waals surface area (Å²) in [6.07, 6.45) is -4.54. The molecular weight excluding hydrogens is 271 g/mol. The lowest BCUT2D eigenvalue weighted by Gasteiger charge is -2.15. The second-order valence-corrected chi connectivity index (χ2v) is 3.82. The highest BCUT2D eigenvalue weighted by molar-refractivity contribution is 6.33. The number of alkyl halides is 3. The zero-order valence-electron chi connectivity index (χ0n) is 9.47. The molecule has 0 heterocycles. The molecule has 1 N–H and O–H groups in total. The van der Waals surface area contributed by atoms with E-state index < -0.39 is 17.7 Å². The van der Waals surface area contributed by atoms with E-state index in [-0.39, 0.29) is 23.7 Å². The van der Waals surface area contributed by atoms with E-state index in [1.807, 2.05) is 0 Å². The van der Waals surface area contributed by atoms with Gasteiger partial charge in [0.1, 0.15) is 0 Å². The quantitative estimate of drug-likeness (QED) is 0.860. The molecule has 0 aliphatic carbocycles. The number of halogens is 4. The third-order valence-corrected chi connectivity index (χ3v) is 2.49. The predicted octanol–water partition coefficient (Wildman–Crippen LogP) is 3.33. The van der Waals surface area contributed by atoms with Crippen LogP contribution in [0, 0.1) is 0 Å². The molecule has 0 bridgehead atoms. The van der Waals surface area contributed by atoms with E-state index >= 15 is 0 Å². The number of nitrogens with one attached hydrogen (secondary N) is 1. The van der Waals surface area contributed by atoms with Gasteiger partial charge in [0.25, 0.3) is 0 Å². The van der Waals surface area contributed by atoms with Crippen molar-refractivity contribution in [3.05, 3.63) is 28.8 Å². The molecule has 0 saturated carbocycles. The SMILES string of the molecule is COC(=O)CCNc1c(Cl)cccc1C(F)(F)F. The van der Waals surface area contributed by atoms with Gasteiger partial charge in [-0.3, -0.25) is 4.79 Å². The van der Waals surface area contributed by atoms with Crippen LogP contribution in [-0.4, -0.2) is 19.6 Å². The summed E-state index contributed by atoms with van der Waals surface area (Å²) < 4.78 is 42.5. The van der Waals surface area contributed by atoms with Crippen molar-refractivity contribution >= 4 is 23.3 Å². The first-order valence-corrected chi connectivity index (χ1v) is 5.40. The van der Waals surface area contributed by atoms with E-state index in [9.17, 15) is 18.0 Å². The van der Waals surface area contributed by atoms with Crippen molar-refractivity contribution in [3.63, 3.8) is 0 Å². The van der Waals surface area contributed by atoms with Gasteiger partial charge in [-0.2, -0.15) is 13.2 Å². The molecule has 0 spiro atoms. The van der Waals surface area contributed by atoms with Gasteiger partial charge in [-0.15, -0.1) is 0 Å². The van der Waals surface area contributed by atoms with Gasteiger partial charge < -0.3 is 10.1 Å². The van der Waals surface area contributed by atoms with Crippen molar-refractivity contribution < 1.29 is 22.7 Å². The molecule has 18 heavy (non-hydrogen) atoms. The standard InChI is InChI=1S/C11H11ClF3NO2/c1-18-9(17)5-6-16-10-7(11(13,14)15)3-2-4-8(10)12/h2-4,16H,5-6H2,1H3. The summed E-state index contributed by atoms with van der Waals surface area (Å²) in [4.78, 5) is 10.9. The fraction of sp³-hybridized carbons (Fsp3) is 0.364. The number of methoxy groups -OCH3 is 1. The number of carbonyl (C=O) groups excluding carboxylic acids is 1. The highest BCUT2D eigenvalue weighted by atomic mass is 35.5. The molecule has 1 aromatic rings. The van der Waals surface area contributed by atoms with Crippen molar-refractivity contribution in [1.29, 1.82) is 0 Å². The van der Waals surface area contributed by atoms with E-state index in [1.54, 1.807) is 0 Å². The zero-order chi connectivity index (χ0) is 13.8. The molecule has 0 radical (unpaired) electrons. The fourth-order valence-electron chi connectivity index (χ4n) is 1.33. The molecule has 0 atom stereocenters. The first-order valence-electron chi connectivity index (χ1n) is 5.02. The van der Waals surface area contributed by atoms with E-state index in [1.165, 1.54) is 19.2 Å². The zero-order valence-corrected chi connectivity index (χ0v) is 10.2. The number of para-hydroxylation sites is 1. The second-order valence-electron chi connectivity index (χ2n) is 3.41. The molecule has 0 aliphatic heterocycles. The maximum Gasteiger partial charge on any atom is 0.418 e. The summed E-state index contributed by atoms with van der Waals surface area (Å²) in [6, 6.07) is 3.49. The molecule has 0 amide bonds. The number of esters is 1. The van der Waals surface area contributed by atoms with Crippen LogP contribution in [0.15, 0.2) is 18.2 Å². The Morgan fingerprint density at radius 3 is 2.67 bits per heavy atom. The van der Waals surface area contributed by atoms with Gasteiger partial charge in [-0.25, -0.2) is 0 Å². The van der Waals surface area contributed by atoms with Crippen LogP contribution in [-0.2, 0) is 15.7 Å². The lowest BCUT2D eigenvalue weighted by Crippen LogP contribution is -2.14. The molecular formula is C11H11ClF3NO2. The van der Waals surface area contributed by atoms with Gasteiger partial charge in [0.2, 0.25) is 0 Å². The van der Waals surface area contributed by atoms with Gasteiger partial charge in [-0.1, -0.05) is 17.7 Å². The largest absolute Gasteiger partial charge is 0.469 e. The van der Waals surface area contributed by atoms with E-state index in [0.29, 0.717) is 0 Å². The van der Waals surface area contributed by atoms with Gasteiger partial charge >= 0.3 is 12.1 Å². The summed E-state index contributed by atoms with van der Waals surface area (Å²) >= 11 is 5.71. The van der Waals surface area contributed by atoms with Gasteiger partial charge in [-0.05, 0) is 12.1 Å². The molecule has 1 rings (SSSR count). The minimum Gasteiger partial charge on any atom is -0.469 e. The number of carbonyl (C=O) groups is 1. The number of ether oxygens (including phenoxy) is 1. The number of hydrogen-bond donors (Lipinski definition) is 1. The topological polar surface area (TPSA) is 38.3 Å². The summed E-state index contributed by atoms with van der Waals surface area (Å²) in [5.74, 6) is -0.511. The molecule has 1 aromatic carbocycles. The molecule has 0 saturated heterocycles. The first-order chi connectivity index (χ1) is 8.36. The highest BCUT2D eigenvalue weighted by Gasteiger charge is 2.34. The van der Waals surface area contributed by atoms with Crippen LogP contribution < -0.4 is 5.32 Å². The third kappa shape index (κ3) is 3.80. The molecule has 3 nitrogen and oxygen atoms in total. The average Bonchev–Trinajstić information content (AvgIpc) is 2.29. The predicted molar refractivity (Wildman–Crippen MR) is 61.6 cm³/mol. The minimum atomic E-state index is -4.50. The Bertz CT molecular complexity index is 435. The van der Waals surface area contributed by atoms with Crippen LogP contribution in [0.25, 0.3) is 0 Å². The van der Waals surface area contributed by atoms with E-state index in [0.717, 1.165) is 6.07 Å². The van der Waals surface area contributed by atoms with E-state index in [2.05, 4.69) is 10.1 Å². The average molecular weight is 282 g/mol. The summed E-state index contributed by atoms with van der Waals surface area (Å²) in [5.41, 5.74) is -1.09. The lowest BCUT2D eigenvalue weighted by molar-refractivity contribution is -0.140. The van der Waals surface area contributed by atoms with Crippen LogP contribution in [0.2, 0.25) is 5.02 Å². The number of benzene rings is 1. The summed E-state index contributed by atoms with van der Waals surface area (Å²) in [5, 5.41) is 2.45. The Morgan fingerprint density at radius 2 is 2.11 bits per heavy atom. The maximum absolute atomic E-state index is 12.7. The van der Waals surface area contributed by atoms with Crippen molar-refractivity contribution in [2.75, 3.05) is 19.0 Å². The maximum atomic E-state index is 12.7. The lowest BCUT2D eigenvalue weighted by atomic mass is 10.1. The van der Waals surface area contributed by atoms with E-state index in [4.69, 9.17) is 11.6 Å². The molecule has 7 heteroatoms. The molecule has 0 aliphatic rings. The van der Waals surface area contributed by atoms with Gasteiger partial charge in [0.15, 0.2) is 0 Å². The molecule has 100 valence electrons. The molecule has 0 fully saturated rings. The number of rotatable bonds is 4. The van der Waals surface area contributed by atoms with Crippen LogP contribution in [0.5, 0.6) is 0 Å². The number of hydrogen-bond acceptors (Lipinski definition) is 3. The fourth-order valence-corrected chi connectivity index (χ4v) is 1.57. The van der Waals surface area contributed by atoms with Crippen molar-refractivity contribution in [1.82, 2.24) is 0 Å². The normalized spacial score (nSPS) is 11.2. The summed E-state index contributed by atoms with van der Waals surface area (Å²) in [7, 11) is 1.21. The second kappa shape index (κ2) is 5.95. The third-order valence-electron chi connectivity index (χ3n) is 2.18. The van der Waals surface area contributed by atoms with Gasteiger partial charge in [0, 0.05) is 6.54 Å². The Kier molecular flexibility index (Phi) is 4.84. The molecule has 0 aromatic heterocycles. The number of anilines is 1. The van der Waals surface area contributed by atoms with Crippen LogP contribution in [0.3, 0.4) is 0 Å². The van der Waals surface area contributed by atoms with Crippen LogP contribution >= 0.6 is 11.6 Å². The Labute approximate surface area is 107 Å². The van der Waals surface area contributed by atoms with Crippen LogP contribution in [0.1, 0.15) is 12.0 Å². The first kappa shape index (κ1) is 14.6. The molecule has 0 unspecified atom stereocenters. The van der Waals surface area contributed by atoms with Gasteiger partial charge in [0.05, 0.1) is 29.8 Å². The highest BCUT2D eigenvalue weighted by Crippen LogP contribution is 2.38. The Morgan fingerprint density at radius 1 is 1.44 bits per heavy atom. The Balaban J connectivity index is 2.84. The van der Waals surface area contributed by atoms with Crippen molar-refractivity contribution in [3.8, 4) is 0 Å². The van der Waals surface area contributed by atoms with Crippen molar-refractivity contribution in [2.24, 2.45) is 0 Å². The smallest absolute Gasteiger partial charge is 0.418 e. The Hall–Kier alpha value is -1.43. The monoisotopic (exact) mass is 281 g/mol. The van der Waals surface area contributed by atoms with Crippen molar-refractivity contribution in [2.45, 2.75) is 12.6 Å².